The van der Waals surface area contributed by atoms with Crippen molar-refractivity contribution < 1.29 is 4.79 Å². The van der Waals surface area contributed by atoms with Crippen molar-refractivity contribution in [2.75, 3.05) is 0 Å². The molecule has 0 N–H and O–H groups in total. The number of hydrogen-bond acceptors (Lipinski definition) is 2. The molecule has 5 heteroatoms. The molecule has 0 saturated carbocycles. The van der Waals surface area contributed by atoms with Crippen molar-refractivity contribution in [1.82, 2.24) is 9.78 Å². The molecule has 0 amide bonds. The third-order valence-corrected chi connectivity index (χ3v) is 4.97. The van der Waals surface area contributed by atoms with E-state index >= 15 is 0 Å². The minimum absolute atomic E-state index is 0.196. The fraction of sp³-hybridized carbons (Fsp3) is 0. The maximum absolute atomic E-state index is 12.6. The number of ketones is 1. The Balaban J connectivity index is 1.73. The van der Waals surface area contributed by atoms with Crippen molar-refractivity contribution in [1.29, 1.82) is 0 Å². The third kappa shape index (κ3) is 4.32. The molecule has 3 aromatic carbocycles. The highest BCUT2D eigenvalue weighted by Gasteiger charge is 2.12. The van der Waals surface area contributed by atoms with Gasteiger partial charge in [-0.2, -0.15) is 5.10 Å². The van der Waals surface area contributed by atoms with Crippen LogP contribution in [0.25, 0.3) is 23.0 Å². The summed E-state index contributed by atoms with van der Waals surface area (Å²) in [7, 11) is 0. The molecule has 0 aliphatic carbocycles. The van der Waals surface area contributed by atoms with Gasteiger partial charge in [-0.3, -0.25) is 4.79 Å². The van der Waals surface area contributed by atoms with E-state index in [0.717, 1.165) is 22.5 Å². The highest BCUT2D eigenvalue weighted by atomic mass is 35.5. The summed E-state index contributed by atoms with van der Waals surface area (Å²) in [6.45, 7) is 0. The molecule has 4 aromatic rings. The molecule has 0 aliphatic rings. The van der Waals surface area contributed by atoms with E-state index in [2.05, 4.69) is 0 Å². The van der Waals surface area contributed by atoms with Gasteiger partial charge in [0, 0.05) is 27.9 Å². The SMILES string of the molecule is O=C(C=Cc1cn(-c2ccccc2)nc1-c1ccccc1)c1ccc(Cl)cc1Cl. The molecule has 3 nitrogen and oxygen atoms in total. The Morgan fingerprint density at radius 3 is 2.28 bits per heavy atom. The van der Waals surface area contributed by atoms with E-state index in [1.807, 2.05) is 71.5 Å². The van der Waals surface area contributed by atoms with E-state index in [0.29, 0.717) is 15.6 Å². The van der Waals surface area contributed by atoms with Gasteiger partial charge in [-0.1, -0.05) is 71.7 Å². The lowest BCUT2D eigenvalue weighted by Gasteiger charge is -2.01. The van der Waals surface area contributed by atoms with Gasteiger partial charge in [-0.15, -0.1) is 0 Å². The topological polar surface area (TPSA) is 34.9 Å². The summed E-state index contributed by atoms with van der Waals surface area (Å²) >= 11 is 12.1. The lowest BCUT2D eigenvalue weighted by Crippen LogP contribution is -1.95. The molecule has 29 heavy (non-hydrogen) atoms. The summed E-state index contributed by atoms with van der Waals surface area (Å²) in [6.07, 6.45) is 5.18. The Morgan fingerprint density at radius 2 is 1.59 bits per heavy atom. The van der Waals surface area contributed by atoms with Gasteiger partial charge >= 0.3 is 0 Å². The van der Waals surface area contributed by atoms with Crippen molar-refractivity contribution in [3.05, 3.63) is 112 Å². The van der Waals surface area contributed by atoms with E-state index in [1.54, 1.807) is 24.3 Å². The first-order chi connectivity index (χ1) is 14.1. The third-order valence-electron chi connectivity index (χ3n) is 4.42. The summed E-state index contributed by atoms with van der Waals surface area (Å²) in [5.41, 5.74) is 3.94. The van der Waals surface area contributed by atoms with Gasteiger partial charge in [0.2, 0.25) is 0 Å². The number of benzene rings is 3. The number of carbonyl (C=O) groups excluding carboxylic acids is 1. The van der Waals surface area contributed by atoms with E-state index in [1.165, 1.54) is 6.08 Å². The Kier molecular flexibility index (Phi) is 5.61. The van der Waals surface area contributed by atoms with Crippen molar-refractivity contribution in [3.63, 3.8) is 0 Å². The van der Waals surface area contributed by atoms with Crippen molar-refractivity contribution in [2.24, 2.45) is 0 Å². The zero-order valence-electron chi connectivity index (χ0n) is 15.3. The monoisotopic (exact) mass is 418 g/mol. The summed E-state index contributed by atoms with van der Waals surface area (Å²) in [6, 6.07) is 24.5. The van der Waals surface area contributed by atoms with E-state index in [9.17, 15) is 4.79 Å². The zero-order chi connectivity index (χ0) is 20.2. The fourth-order valence-corrected chi connectivity index (χ4v) is 3.49. The molecule has 1 heterocycles. The number of carbonyl (C=O) groups is 1. The quantitative estimate of drug-likeness (QED) is 0.265. The number of halogens is 2. The molecule has 0 spiro atoms. The van der Waals surface area contributed by atoms with Gasteiger partial charge in [-0.05, 0) is 42.5 Å². The molecule has 0 aliphatic heterocycles. The summed E-state index contributed by atoms with van der Waals surface area (Å²) in [5.74, 6) is -0.196. The lowest BCUT2D eigenvalue weighted by molar-refractivity contribution is 0.104. The molecular weight excluding hydrogens is 403 g/mol. The van der Waals surface area contributed by atoms with Crippen LogP contribution in [0.4, 0.5) is 0 Å². The smallest absolute Gasteiger partial charge is 0.187 e. The van der Waals surface area contributed by atoms with Crippen LogP contribution >= 0.6 is 23.2 Å². The number of allylic oxidation sites excluding steroid dienone is 1. The molecular formula is C24H16Cl2N2O. The first kappa shape index (κ1) is 19.2. The van der Waals surface area contributed by atoms with Gasteiger partial charge in [-0.25, -0.2) is 4.68 Å². The number of para-hydroxylation sites is 1. The lowest BCUT2D eigenvalue weighted by atomic mass is 10.1. The predicted octanol–water partition coefficient (Wildman–Crippen LogP) is 6.74. The van der Waals surface area contributed by atoms with Crippen molar-refractivity contribution in [2.45, 2.75) is 0 Å². The van der Waals surface area contributed by atoms with Crippen LogP contribution in [0.2, 0.25) is 10.0 Å². The van der Waals surface area contributed by atoms with Crippen molar-refractivity contribution in [3.8, 4) is 16.9 Å². The fourth-order valence-electron chi connectivity index (χ4n) is 2.99. The number of nitrogens with zero attached hydrogens (tertiary/aromatic N) is 2. The summed E-state index contributed by atoms with van der Waals surface area (Å²) in [4.78, 5) is 12.6. The number of hydrogen-bond donors (Lipinski definition) is 0. The van der Waals surface area contributed by atoms with Crippen LogP contribution in [0, 0.1) is 0 Å². The Hall–Kier alpha value is -3.14. The molecule has 0 radical (unpaired) electrons. The van der Waals surface area contributed by atoms with Crippen LogP contribution in [-0.4, -0.2) is 15.6 Å². The molecule has 0 saturated heterocycles. The molecule has 0 atom stereocenters. The van der Waals surface area contributed by atoms with Crippen LogP contribution < -0.4 is 0 Å². The van der Waals surface area contributed by atoms with Gasteiger partial charge in [0.05, 0.1) is 16.4 Å². The first-order valence-electron chi connectivity index (χ1n) is 9.00. The largest absolute Gasteiger partial charge is 0.289 e. The second-order valence-electron chi connectivity index (χ2n) is 6.40. The predicted molar refractivity (Wildman–Crippen MR) is 119 cm³/mol. The molecule has 0 unspecified atom stereocenters. The zero-order valence-corrected chi connectivity index (χ0v) is 16.8. The van der Waals surface area contributed by atoms with Crippen molar-refractivity contribution >= 4 is 35.1 Å². The average Bonchev–Trinajstić information content (AvgIpc) is 3.18. The Bertz CT molecular complexity index is 1180. The van der Waals surface area contributed by atoms with Crippen LogP contribution in [0.3, 0.4) is 0 Å². The maximum Gasteiger partial charge on any atom is 0.187 e. The van der Waals surface area contributed by atoms with E-state index in [-0.39, 0.29) is 5.78 Å². The number of rotatable bonds is 5. The minimum Gasteiger partial charge on any atom is -0.289 e. The molecule has 1 aromatic heterocycles. The van der Waals surface area contributed by atoms with Crippen LogP contribution in [0.1, 0.15) is 15.9 Å². The molecule has 0 bridgehead atoms. The van der Waals surface area contributed by atoms with E-state index in [4.69, 9.17) is 28.3 Å². The van der Waals surface area contributed by atoms with Gasteiger partial charge in [0.1, 0.15) is 0 Å². The normalized spacial score (nSPS) is 11.1. The van der Waals surface area contributed by atoms with Crippen LogP contribution in [0.15, 0.2) is 91.1 Å². The summed E-state index contributed by atoms with van der Waals surface area (Å²) in [5, 5.41) is 5.56. The molecule has 0 fully saturated rings. The van der Waals surface area contributed by atoms with Gasteiger partial charge in [0.15, 0.2) is 5.78 Å². The summed E-state index contributed by atoms with van der Waals surface area (Å²) < 4.78 is 1.81. The minimum atomic E-state index is -0.196. The second-order valence-corrected chi connectivity index (χ2v) is 7.24. The first-order valence-corrected chi connectivity index (χ1v) is 9.75. The maximum atomic E-state index is 12.6. The highest BCUT2D eigenvalue weighted by molar-refractivity contribution is 6.37. The molecule has 4 rings (SSSR count). The van der Waals surface area contributed by atoms with Crippen LogP contribution in [0.5, 0.6) is 0 Å². The molecule has 142 valence electrons. The second kappa shape index (κ2) is 8.48. The van der Waals surface area contributed by atoms with Gasteiger partial charge < -0.3 is 0 Å². The van der Waals surface area contributed by atoms with Crippen LogP contribution in [-0.2, 0) is 0 Å². The van der Waals surface area contributed by atoms with Gasteiger partial charge in [0.25, 0.3) is 0 Å². The Labute approximate surface area is 178 Å². The highest BCUT2D eigenvalue weighted by Crippen LogP contribution is 2.26. The number of aromatic nitrogens is 2. The standard InChI is InChI=1S/C24H16Cl2N2O/c25-19-12-13-21(22(26)15-19)23(29)14-11-18-16-28(20-9-5-2-6-10-20)27-24(18)17-7-3-1-4-8-17/h1-16H. The van der Waals surface area contributed by atoms with E-state index < -0.39 is 0 Å². The average molecular weight is 419 g/mol. The Morgan fingerprint density at radius 1 is 0.897 bits per heavy atom.